The number of carbonyl (C=O) groups is 2. The first kappa shape index (κ1) is 23.9. The Kier molecular flexibility index (Phi) is 8.18. The van der Waals surface area contributed by atoms with Crippen molar-refractivity contribution in [3.05, 3.63) is 48.0 Å². The third-order valence-electron chi connectivity index (χ3n) is 4.53. The van der Waals surface area contributed by atoms with E-state index < -0.39 is 35.9 Å². The van der Waals surface area contributed by atoms with Gasteiger partial charge in [0.2, 0.25) is 0 Å². The Balaban J connectivity index is 2.02. The predicted octanol–water partition coefficient (Wildman–Crippen LogP) is 3.09. The molecule has 2 aromatic rings. The molecule has 2 rings (SSSR count). The van der Waals surface area contributed by atoms with Crippen molar-refractivity contribution in [2.24, 2.45) is 5.92 Å². The van der Waals surface area contributed by atoms with Crippen LogP contribution >= 0.6 is 0 Å². The second-order valence-corrected chi connectivity index (χ2v) is 7.33. The summed E-state index contributed by atoms with van der Waals surface area (Å²) in [5.41, 5.74) is -0.271. The molecule has 0 bridgehead atoms. The van der Waals surface area contributed by atoms with Gasteiger partial charge in [-0.25, -0.2) is 14.2 Å². The first-order chi connectivity index (χ1) is 14.6. The lowest BCUT2D eigenvalue weighted by molar-refractivity contribution is -0.158. The largest absolute Gasteiger partial charge is 0.503 e. The first-order valence-corrected chi connectivity index (χ1v) is 9.79. The minimum Gasteiger partial charge on any atom is -0.503 e. The van der Waals surface area contributed by atoms with Crippen molar-refractivity contribution in [1.29, 1.82) is 0 Å². The van der Waals surface area contributed by atoms with E-state index in [0.29, 0.717) is 5.75 Å². The molecule has 0 spiro atoms. The number of hydrogen-bond acceptors (Lipinski definition) is 7. The molecule has 1 aromatic heterocycles. The number of hydrogen-bond donors (Lipinski definition) is 2. The third-order valence-corrected chi connectivity index (χ3v) is 4.53. The quantitative estimate of drug-likeness (QED) is 0.584. The maximum absolute atomic E-state index is 13.1. The molecule has 0 aliphatic rings. The number of ether oxygens (including phenoxy) is 3. The van der Waals surface area contributed by atoms with Crippen LogP contribution in [0.1, 0.15) is 38.2 Å². The summed E-state index contributed by atoms with van der Waals surface area (Å²) in [6.45, 7) is 6.93. The summed E-state index contributed by atoms with van der Waals surface area (Å²) >= 11 is 0. The molecule has 31 heavy (non-hydrogen) atoms. The number of nitrogens with one attached hydrogen (secondary N) is 1. The monoisotopic (exact) mass is 434 g/mol. The highest BCUT2D eigenvalue weighted by atomic mass is 19.1. The van der Waals surface area contributed by atoms with Gasteiger partial charge in [-0.05, 0) is 44.0 Å². The van der Waals surface area contributed by atoms with Gasteiger partial charge in [-0.2, -0.15) is 0 Å². The Bertz CT molecular complexity index is 903. The molecule has 0 saturated carbocycles. The fraction of sp³-hybridized carbons (Fsp3) is 0.409. The maximum Gasteiger partial charge on any atom is 0.328 e. The van der Waals surface area contributed by atoms with Gasteiger partial charge < -0.3 is 24.6 Å². The maximum atomic E-state index is 13.1. The van der Waals surface area contributed by atoms with Gasteiger partial charge in [0.25, 0.3) is 5.91 Å². The fourth-order valence-corrected chi connectivity index (χ4v) is 2.90. The first-order valence-electron chi connectivity index (χ1n) is 9.79. The molecular weight excluding hydrogens is 407 g/mol. The summed E-state index contributed by atoms with van der Waals surface area (Å²) in [5.74, 6) is -1.80. The van der Waals surface area contributed by atoms with Crippen LogP contribution in [0.15, 0.2) is 36.5 Å². The third kappa shape index (κ3) is 6.31. The molecule has 0 radical (unpaired) electrons. The smallest absolute Gasteiger partial charge is 0.328 e. The normalized spacial score (nSPS) is 13.8. The van der Waals surface area contributed by atoms with Gasteiger partial charge in [0, 0.05) is 12.3 Å². The number of aromatic hydroxyl groups is 1. The van der Waals surface area contributed by atoms with Crippen molar-refractivity contribution in [2.45, 2.75) is 45.9 Å². The van der Waals surface area contributed by atoms with Gasteiger partial charge in [-0.1, -0.05) is 13.8 Å². The zero-order valence-electron chi connectivity index (χ0n) is 18.1. The average Bonchev–Trinajstić information content (AvgIpc) is 2.73. The van der Waals surface area contributed by atoms with Crippen LogP contribution in [0.3, 0.4) is 0 Å². The summed E-state index contributed by atoms with van der Waals surface area (Å²) < 4.78 is 29.4. The Labute approximate surface area is 180 Å². The predicted molar refractivity (Wildman–Crippen MR) is 111 cm³/mol. The molecule has 0 aliphatic heterocycles. The van der Waals surface area contributed by atoms with Crippen LogP contribution < -0.4 is 14.8 Å². The van der Waals surface area contributed by atoms with Crippen LogP contribution in [-0.2, 0) is 9.53 Å². The SMILES string of the molecule is COc1ccnc(C(=O)N[C@@H](C)C(=O)OC(C(C)C)[C@H](C)Oc2ccc(F)cc2)c1O. The van der Waals surface area contributed by atoms with E-state index in [0.717, 1.165) is 0 Å². The van der Waals surface area contributed by atoms with Gasteiger partial charge in [0.1, 0.15) is 29.8 Å². The minimum atomic E-state index is -1.01. The number of amides is 1. The van der Waals surface area contributed by atoms with E-state index in [2.05, 4.69) is 10.3 Å². The van der Waals surface area contributed by atoms with Gasteiger partial charge in [-0.3, -0.25) is 4.79 Å². The number of esters is 1. The minimum absolute atomic E-state index is 0.0852. The molecule has 0 aliphatic carbocycles. The van der Waals surface area contributed by atoms with Crippen LogP contribution in [-0.4, -0.2) is 47.3 Å². The second kappa shape index (κ2) is 10.6. The Morgan fingerprint density at radius 1 is 1.10 bits per heavy atom. The number of carbonyl (C=O) groups excluding carboxylic acids is 2. The highest BCUT2D eigenvalue weighted by Gasteiger charge is 2.30. The molecule has 168 valence electrons. The van der Waals surface area contributed by atoms with Crippen molar-refractivity contribution in [3.63, 3.8) is 0 Å². The molecule has 1 heterocycles. The number of aromatic nitrogens is 1. The molecular formula is C22H27FN2O6. The van der Waals surface area contributed by atoms with Crippen molar-refractivity contribution < 1.29 is 33.3 Å². The van der Waals surface area contributed by atoms with Crippen LogP contribution in [0.4, 0.5) is 4.39 Å². The van der Waals surface area contributed by atoms with Gasteiger partial charge in [0.15, 0.2) is 17.2 Å². The van der Waals surface area contributed by atoms with Crippen LogP contribution in [0.25, 0.3) is 0 Å². The second-order valence-electron chi connectivity index (χ2n) is 7.33. The lowest BCUT2D eigenvalue weighted by Crippen LogP contribution is -2.45. The van der Waals surface area contributed by atoms with E-state index in [9.17, 15) is 19.1 Å². The molecule has 1 aromatic carbocycles. The topological polar surface area (TPSA) is 107 Å². The summed E-state index contributed by atoms with van der Waals surface area (Å²) in [7, 11) is 1.35. The number of methoxy groups -OCH3 is 1. The van der Waals surface area contributed by atoms with E-state index in [1.807, 2.05) is 13.8 Å². The molecule has 9 heteroatoms. The lowest BCUT2D eigenvalue weighted by Gasteiger charge is -2.29. The highest BCUT2D eigenvalue weighted by Crippen LogP contribution is 2.27. The Morgan fingerprint density at radius 3 is 2.32 bits per heavy atom. The van der Waals surface area contributed by atoms with E-state index in [4.69, 9.17) is 14.2 Å². The van der Waals surface area contributed by atoms with Gasteiger partial charge in [0.05, 0.1) is 7.11 Å². The van der Waals surface area contributed by atoms with Crippen LogP contribution in [0.5, 0.6) is 17.2 Å². The van der Waals surface area contributed by atoms with Crippen LogP contribution in [0.2, 0.25) is 0 Å². The van der Waals surface area contributed by atoms with Crippen molar-refractivity contribution >= 4 is 11.9 Å². The fourth-order valence-electron chi connectivity index (χ4n) is 2.90. The molecule has 1 unspecified atom stereocenters. The molecule has 3 atom stereocenters. The molecule has 1 amide bonds. The zero-order valence-corrected chi connectivity index (χ0v) is 18.1. The summed E-state index contributed by atoms with van der Waals surface area (Å²) in [6.07, 6.45) is 0.154. The summed E-state index contributed by atoms with van der Waals surface area (Å²) in [6, 6.07) is 5.91. The van der Waals surface area contributed by atoms with E-state index >= 15 is 0 Å². The number of nitrogens with zero attached hydrogens (tertiary/aromatic N) is 1. The number of halogens is 1. The number of pyridine rings is 1. The van der Waals surface area contributed by atoms with Crippen molar-refractivity contribution in [2.75, 3.05) is 7.11 Å². The van der Waals surface area contributed by atoms with Gasteiger partial charge in [-0.15, -0.1) is 0 Å². The molecule has 8 nitrogen and oxygen atoms in total. The van der Waals surface area contributed by atoms with Crippen molar-refractivity contribution in [1.82, 2.24) is 10.3 Å². The van der Waals surface area contributed by atoms with Gasteiger partial charge >= 0.3 is 5.97 Å². The number of benzene rings is 1. The van der Waals surface area contributed by atoms with E-state index in [1.54, 1.807) is 6.92 Å². The Hall–Kier alpha value is -3.36. The van der Waals surface area contributed by atoms with Crippen LogP contribution in [0, 0.1) is 11.7 Å². The van der Waals surface area contributed by atoms with E-state index in [-0.39, 0.29) is 23.2 Å². The van der Waals surface area contributed by atoms with E-state index in [1.165, 1.54) is 50.6 Å². The lowest BCUT2D eigenvalue weighted by atomic mass is 10.0. The molecule has 2 N–H and O–H groups in total. The summed E-state index contributed by atoms with van der Waals surface area (Å²) in [4.78, 5) is 28.8. The zero-order chi connectivity index (χ0) is 23.1. The van der Waals surface area contributed by atoms with Crippen molar-refractivity contribution in [3.8, 4) is 17.2 Å². The summed E-state index contributed by atoms with van der Waals surface area (Å²) in [5, 5.41) is 12.5. The standard InChI is InChI=1S/C22H27FN2O6/c1-12(2)20(14(4)30-16-8-6-15(23)7-9-16)31-22(28)13(3)25-21(27)18-19(26)17(29-5)10-11-24-18/h6-14,20,26H,1-5H3,(H,25,27)/t13-,14-,20?/m0/s1. The Morgan fingerprint density at radius 2 is 1.74 bits per heavy atom. The highest BCUT2D eigenvalue weighted by molar-refractivity contribution is 5.97. The molecule has 0 saturated heterocycles. The number of rotatable bonds is 9. The average molecular weight is 434 g/mol. The molecule has 0 fully saturated rings.